The molecule has 1 aromatic heterocycles. The summed E-state index contributed by atoms with van der Waals surface area (Å²) in [5.41, 5.74) is 3.77. The van der Waals surface area contributed by atoms with Crippen LogP contribution >= 0.6 is 0 Å². The second-order valence-electron chi connectivity index (χ2n) is 4.50. The fourth-order valence-electron chi connectivity index (χ4n) is 1.68. The van der Waals surface area contributed by atoms with Crippen molar-refractivity contribution >= 4 is 5.91 Å². The number of benzene rings is 1. The molecule has 2 rings (SSSR count). The molecule has 92 valence electrons. The lowest BCUT2D eigenvalue weighted by molar-refractivity contribution is 0.0827. The molecule has 3 heteroatoms. The van der Waals surface area contributed by atoms with E-state index in [4.69, 9.17) is 0 Å². The van der Waals surface area contributed by atoms with Crippen molar-refractivity contribution in [1.29, 1.82) is 0 Å². The Morgan fingerprint density at radius 2 is 1.72 bits per heavy atom. The number of aryl methyl sites for hydroxylation is 1. The van der Waals surface area contributed by atoms with Gasteiger partial charge in [-0.1, -0.05) is 18.2 Å². The molecule has 0 unspecified atom stereocenters. The second kappa shape index (κ2) is 5.00. The molecule has 0 aliphatic heterocycles. The van der Waals surface area contributed by atoms with Gasteiger partial charge in [-0.3, -0.25) is 9.78 Å². The number of hydrogen-bond donors (Lipinski definition) is 0. The van der Waals surface area contributed by atoms with E-state index in [9.17, 15) is 4.79 Å². The Labute approximate surface area is 107 Å². The van der Waals surface area contributed by atoms with E-state index in [1.807, 2.05) is 49.5 Å². The van der Waals surface area contributed by atoms with Crippen LogP contribution in [-0.2, 0) is 0 Å². The number of amides is 1. The second-order valence-corrected chi connectivity index (χ2v) is 4.50. The predicted octanol–water partition coefficient (Wildman–Crippen LogP) is 2.76. The molecule has 0 spiro atoms. The van der Waals surface area contributed by atoms with Gasteiger partial charge in [-0.05, 0) is 30.7 Å². The zero-order valence-electron chi connectivity index (χ0n) is 10.8. The maximum absolute atomic E-state index is 11.7. The Kier molecular flexibility index (Phi) is 3.42. The molecular weight excluding hydrogens is 224 g/mol. The number of aromatic nitrogens is 1. The molecule has 0 bridgehead atoms. The van der Waals surface area contributed by atoms with Gasteiger partial charge >= 0.3 is 0 Å². The summed E-state index contributed by atoms with van der Waals surface area (Å²) in [6.07, 6.45) is 1.84. The van der Waals surface area contributed by atoms with Crippen molar-refractivity contribution in [3.05, 3.63) is 53.7 Å². The third-order valence-electron chi connectivity index (χ3n) is 2.75. The van der Waals surface area contributed by atoms with Gasteiger partial charge in [0.1, 0.15) is 0 Å². The lowest BCUT2D eigenvalue weighted by atomic mass is 10.1. The zero-order chi connectivity index (χ0) is 13.1. The summed E-state index contributed by atoms with van der Waals surface area (Å²) < 4.78 is 0. The molecule has 3 nitrogen and oxygen atoms in total. The lowest BCUT2D eigenvalue weighted by Gasteiger charge is -2.10. The summed E-state index contributed by atoms with van der Waals surface area (Å²) in [4.78, 5) is 17.7. The highest BCUT2D eigenvalue weighted by atomic mass is 16.2. The summed E-state index contributed by atoms with van der Waals surface area (Å²) in [5.74, 6) is 0.0124. The number of nitrogens with zero attached hydrogens (tertiary/aromatic N) is 2. The largest absolute Gasteiger partial charge is 0.345 e. The van der Waals surface area contributed by atoms with Crippen molar-refractivity contribution in [3.8, 4) is 11.3 Å². The quantitative estimate of drug-likeness (QED) is 0.808. The predicted molar refractivity (Wildman–Crippen MR) is 72.4 cm³/mol. The molecule has 0 saturated carbocycles. The summed E-state index contributed by atoms with van der Waals surface area (Å²) in [6, 6.07) is 11.5. The van der Waals surface area contributed by atoms with E-state index in [0.29, 0.717) is 5.56 Å². The number of pyridine rings is 1. The van der Waals surface area contributed by atoms with Crippen LogP contribution < -0.4 is 0 Å². The van der Waals surface area contributed by atoms with E-state index >= 15 is 0 Å². The molecule has 18 heavy (non-hydrogen) atoms. The van der Waals surface area contributed by atoms with Crippen LogP contribution in [0.5, 0.6) is 0 Å². The highest BCUT2D eigenvalue weighted by Crippen LogP contribution is 2.18. The third-order valence-corrected chi connectivity index (χ3v) is 2.75. The Hall–Kier alpha value is -2.16. The molecule has 1 amide bonds. The highest BCUT2D eigenvalue weighted by Gasteiger charge is 2.07. The van der Waals surface area contributed by atoms with Gasteiger partial charge in [-0.2, -0.15) is 0 Å². The van der Waals surface area contributed by atoms with Gasteiger partial charge < -0.3 is 4.90 Å². The number of rotatable bonds is 2. The van der Waals surface area contributed by atoms with Crippen LogP contribution in [0.4, 0.5) is 0 Å². The van der Waals surface area contributed by atoms with E-state index in [2.05, 4.69) is 4.98 Å². The van der Waals surface area contributed by atoms with E-state index < -0.39 is 0 Å². The van der Waals surface area contributed by atoms with Crippen molar-refractivity contribution in [1.82, 2.24) is 9.88 Å². The third kappa shape index (κ3) is 2.56. The standard InChI is InChI=1S/C15H16N2O/c1-11-4-9-14(16-10-11)12-5-7-13(8-6-12)15(18)17(2)3/h4-10H,1-3H3. The van der Waals surface area contributed by atoms with E-state index in [1.165, 1.54) is 0 Å². The SMILES string of the molecule is Cc1ccc(-c2ccc(C(=O)N(C)C)cc2)nc1. The number of hydrogen-bond acceptors (Lipinski definition) is 2. The Morgan fingerprint density at radius 3 is 2.22 bits per heavy atom. The Morgan fingerprint density at radius 1 is 1.06 bits per heavy atom. The van der Waals surface area contributed by atoms with Crippen LogP contribution in [0.3, 0.4) is 0 Å². The van der Waals surface area contributed by atoms with Crippen LogP contribution in [0.2, 0.25) is 0 Å². The number of carbonyl (C=O) groups excluding carboxylic acids is 1. The minimum absolute atomic E-state index is 0.0124. The highest BCUT2D eigenvalue weighted by molar-refractivity contribution is 5.94. The van der Waals surface area contributed by atoms with Gasteiger partial charge in [0.05, 0.1) is 5.69 Å². The smallest absolute Gasteiger partial charge is 0.253 e. The van der Waals surface area contributed by atoms with Crippen LogP contribution in [0.15, 0.2) is 42.6 Å². The average Bonchev–Trinajstić information content (AvgIpc) is 2.39. The summed E-state index contributed by atoms with van der Waals surface area (Å²) in [5, 5.41) is 0. The molecule has 0 aliphatic rings. The first-order valence-corrected chi connectivity index (χ1v) is 5.82. The van der Waals surface area contributed by atoms with Crippen molar-refractivity contribution in [2.75, 3.05) is 14.1 Å². The van der Waals surface area contributed by atoms with Crippen LogP contribution in [-0.4, -0.2) is 29.9 Å². The van der Waals surface area contributed by atoms with Gasteiger partial charge in [-0.25, -0.2) is 0 Å². The molecule has 0 N–H and O–H groups in total. The molecular formula is C15H16N2O. The topological polar surface area (TPSA) is 33.2 Å². The van der Waals surface area contributed by atoms with E-state index in [-0.39, 0.29) is 5.91 Å². The summed E-state index contributed by atoms with van der Waals surface area (Å²) in [6.45, 7) is 2.01. The normalized spacial score (nSPS) is 10.2. The van der Waals surface area contributed by atoms with Gasteiger partial charge in [0.25, 0.3) is 5.91 Å². The molecule has 0 radical (unpaired) electrons. The van der Waals surface area contributed by atoms with Gasteiger partial charge in [0.2, 0.25) is 0 Å². The van der Waals surface area contributed by atoms with Crippen molar-refractivity contribution in [2.45, 2.75) is 6.92 Å². The van der Waals surface area contributed by atoms with Crippen molar-refractivity contribution in [3.63, 3.8) is 0 Å². The zero-order valence-corrected chi connectivity index (χ0v) is 10.8. The molecule has 0 fully saturated rings. The van der Waals surface area contributed by atoms with Crippen LogP contribution in [0, 0.1) is 6.92 Å². The molecule has 2 aromatic rings. The molecule has 0 atom stereocenters. The van der Waals surface area contributed by atoms with E-state index in [1.54, 1.807) is 19.0 Å². The minimum atomic E-state index is 0.0124. The van der Waals surface area contributed by atoms with Crippen molar-refractivity contribution in [2.24, 2.45) is 0 Å². The van der Waals surface area contributed by atoms with Crippen molar-refractivity contribution < 1.29 is 4.79 Å². The first-order chi connectivity index (χ1) is 8.58. The molecule has 1 heterocycles. The summed E-state index contributed by atoms with van der Waals surface area (Å²) >= 11 is 0. The minimum Gasteiger partial charge on any atom is -0.345 e. The lowest BCUT2D eigenvalue weighted by Crippen LogP contribution is -2.21. The Bertz CT molecular complexity index is 542. The number of carbonyl (C=O) groups is 1. The molecule has 0 saturated heterocycles. The fraction of sp³-hybridized carbons (Fsp3) is 0.200. The summed E-state index contributed by atoms with van der Waals surface area (Å²) in [7, 11) is 3.50. The monoisotopic (exact) mass is 240 g/mol. The van der Waals surface area contributed by atoms with Gasteiger partial charge in [0, 0.05) is 31.4 Å². The van der Waals surface area contributed by atoms with Crippen LogP contribution in [0.25, 0.3) is 11.3 Å². The van der Waals surface area contributed by atoms with E-state index in [0.717, 1.165) is 16.8 Å². The first kappa shape index (κ1) is 12.3. The average molecular weight is 240 g/mol. The Balaban J connectivity index is 2.27. The molecule has 0 aliphatic carbocycles. The first-order valence-electron chi connectivity index (χ1n) is 5.82. The van der Waals surface area contributed by atoms with Crippen LogP contribution in [0.1, 0.15) is 15.9 Å². The molecule has 1 aromatic carbocycles. The van der Waals surface area contributed by atoms with Gasteiger partial charge in [-0.15, -0.1) is 0 Å². The fourth-order valence-corrected chi connectivity index (χ4v) is 1.68. The maximum Gasteiger partial charge on any atom is 0.253 e. The maximum atomic E-state index is 11.7. The van der Waals surface area contributed by atoms with Gasteiger partial charge in [0.15, 0.2) is 0 Å².